The van der Waals surface area contributed by atoms with E-state index in [9.17, 15) is 0 Å². The van der Waals surface area contributed by atoms with Gasteiger partial charge in [0.2, 0.25) is 0 Å². The highest BCUT2D eigenvalue weighted by Crippen LogP contribution is 2.65. The first-order valence-corrected chi connectivity index (χ1v) is 44.5. The molecule has 5 heteroatoms. The van der Waals surface area contributed by atoms with Gasteiger partial charge >= 0.3 is 0 Å². The molecule has 22 aromatic rings. The summed E-state index contributed by atoms with van der Waals surface area (Å²) in [5, 5.41) is 8.30. The van der Waals surface area contributed by atoms with Crippen LogP contribution in [0, 0.1) is 0 Å². The molecule has 604 valence electrons. The minimum Gasteiger partial charge on any atom is -0.356 e. The lowest BCUT2D eigenvalue weighted by Gasteiger charge is -2.30. The first-order valence-electron chi connectivity index (χ1n) is 43.7. The second kappa shape index (κ2) is 31.7. The first kappa shape index (κ1) is 76.9. The van der Waals surface area contributed by atoms with Crippen LogP contribution in [0.3, 0.4) is 0 Å². The molecule has 2 aromatic heterocycles. The monoisotopic (exact) mass is 1700 g/mol. The van der Waals surface area contributed by atoms with Crippen LogP contribution in [0.15, 0.2) is 490 Å². The lowest BCUT2D eigenvalue weighted by Crippen LogP contribution is -2.26. The van der Waals surface area contributed by atoms with Crippen LogP contribution in [0.2, 0.25) is 0 Å². The maximum atomic E-state index is 3.76. The lowest BCUT2D eigenvalue weighted by molar-refractivity contribution is 0.792. The van der Waals surface area contributed by atoms with Gasteiger partial charge in [0.05, 0.1) is 38.6 Å². The molecule has 0 unspecified atom stereocenters. The summed E-state index contributed by atoms with van der Waals surface area (Å²) >= 11 is 3.76. The average molecular weight is 1700 g/mol. The summed E-state index contributed by atoms with van der Waals surface area (Å²) in [4.78, 5) is 2.35. The van der Waals surface area contributed by atoms with Gasteiger partial charge in [0, 0.05) is 65.7 Å². The highest BCUT2D eigenvalue weighted by Gasteiger charge is 2.53. The van der Waals surface area contributed by atoms with Gasteiger partial charge in [0.25, 0.3) is 0 Å². The number of nitrogens with one attached hydrogen (secondary N) is 1. The molecule has 2 heterocycles. The van der Waals surface area contributed by atoms with Gasteiger partial charge in [-0.2, -0.15) is 0 Å². The van der Waals surface area contributed by atoms with Gasteiger partial charge in [-0.25, -0.2) is 0 Å². The summed E-state index contributed by atoms with van der Waals surface area (Å²) in [6, 6.07) is 177. The minimum absolute atomic E-state index is 0. The molecule has 4 aliphatic carbocycles. The van der Waals surface area contributed by atoms with Crippen molar-refractivity contribution in [1.29, 1.82) is 0 Å². The van der Waals surface area contributed by atoms with Crippen molar-refractivity contribution in [2.45, 2.75) is 18.3 Å². The maximum absolute atomic E-state index is 3.76. The molecule has 0 saturated carbocycles. The van der Waals surface area contributed by atoms with E-state index in [0.29, 0.717) is 0 Å². The predicted molar refractivity (Wildman–Crippen MR) is 541 cm³/mol. The number of aromatic nitrogens is 2. The zero-order valence-electron chi connectivity index (χ0n) is 69.4. The summed E-state index contributed by atoms with van der Waals surface area (Å²) in [7, 11) is 0. The number of anilines is 5. The lowest BCUT2D eigenvalue weighted by atomic mass is 9.70. The van der Waals surface area contributed by atoms with Crippen molar-refractivity contribution < 1.29 is 0 Å². The smallest absolute Gasteiger partial charge is 0.0726 e. The van der Waals surface area contributed by atoms with Crippen LogP contribution in [0.25, 0.3) is 144 Å². The highest BCUT2D eigenvalue weighted by atomic mass is 79.9. The van der Waals surface area contributed by atoms with Crippen LogP contribution < -0.4 is 10.2 Å². The number of fused-ring (bicyclic) bond motifs is 26. The standard InChI is InChI=1S/C61H40N2.C49H30BrN.C12H11N.CH4/c1-3-20-44(21-4-1)62(45-22-5-2-6-23-45)58-32-15-10-24-47(58)43-19-17-18-41(38-43)42-34-37-60-53(39-42)52-28-11-16-33-59(52)63(60)46-35-36-51-50-27-9-14-31-56(50)61(57(51)40-46)54-29-12-7-25-48(54)49-26-8-13-30-55(49)61;50-46-22-9-4-14-35(46)33-13-11-12-31(28-33)32-24-27-48-41(29-32)40-18-5-10-23-47(40)51(48)34-25-26-39-38-17-3-8-21-44(38)49(45(39)30-34)42-19-6-1-15-36(42)37-16-2-7-20-43(37)49;1-3-7-11(8-4-1)13-12-9-5-2-6-10-12;/h1-40H;1-30H;1-10,13H;1H4. The molecule has 0 radical (unpaired) electrons. The van der Waals surface area contributed by atoms with Crippen LogP contribution in [0.5, 0.6) is 0 Å². The molecule has 0 saturated heterocycles. The molecule has 0 fully saturated rings. The average Bonchev–Trinajstić information content (AvgIpc) is 1.51. The summed E-state index contributed by atoms with van der Waals surface area (Å²) < 4.78 is 6.05. The quantitative estimate of drug-likeness (QED) is 0.140. The van der Waals surface area contributed by atoms with Crippen LogP contribution in [0.1, 0.15) is 51.9 Å². The van der Waals surface area contributed by atoms with Crippen molar-refractivity contribution in [3.8, 4) is 100 Å². The summed E-state index contributed by atoms with van der Waals surface area (Å²) in [6.45, 7) is 0. The van der Waals surface area contributed by atoms with Crippen molar-refractivity contribution in [2.75, 3.05) is 10.2 Å². The Hall–Kier alpha value is -15.9. The van der Waals surface area contributed by atoms with Gasteiger partial charge in [-0.05, 0) is 261 Å². The number of hydrogen-bond acceptors (Lipinski definition) is 2. The van der Waals surface area contributed by atoms with Crippen LogP contribution >= 0.6 is 15.9 Å². The van der Waals surface area contributed by atoms with E-state index in [-0.39, 0.29) is 12.8 Å². The normalized spacial score (nSPS) is 12.6. The van der Waals surface area contributed by atoms with E-state index in [0.717, 1.165) is 32.9 Å². The predicted octanol–water partition coefficient (Wildman–Crippen LogP) is 33.2. The fourth-order valence-electron chi connectivity index (χ4n) is 21.4. The van der Waals surface area contributed by atoms with Crippen LogP contribution in [-0.4, -0.2) is 9.13 Å². The Bertz CT molecular complexity index is 7880. The molecular weight excluding hydrogens is 1610 g/mol. The molecule has 4 nitrogen and oxygen atoms in total. The summed E-state index contributed by atoms with van der Waals surface area (Å²) in [6.07, 6.45) is 0. The van der Waals surface area contributed by atoms with E-state index in [4.69, 9.17) is 0 Å². The van der Waals surface area contributed by atoms with E-state index in [1.165, 1.54) is 189 Å². The number of nitrogens with zero attached hydrogens (tertiary/aromatic N) is 3. The Morgan fingerprint density at radius 1 is 0.203 bits per heavy atom. The second-order valence-corrected chi connectivity index (χ2v) is 34.3. The van der Waals surface area contributed by atoms with Crippen molar-refractivity contribution in [3.05, 3.63) is 534 Å². The van der Waals surface area contributed by atoms with E-state index < -0.39 is 5.41 Å². The first-order chi connectivity index (χ1) is 62.9. The molecule has 0 bridgehead atoms. The van der Waals surface area contributed by atoms with E-state index in [2.05, 4.69) is 460 Å². The molecule has 2 spiro atoms. The second-order valence-electron chi connectivity index (χ2n) is 33.4. The molecule has 128 heavy (non-hydrogen) atoms. The Labute approximate surface area is 754 Å². The van der Waals surface area contributed by atoms with Gasteiger partial charge in [0.1, 0.15) is 0 Å². The number of rotatable bonds is 11. The number of para-hydroxylation sites is 7. The van der Waals surface area contributed by atoms with Gasteiger partial charge in [-0.1, -0.05) is 375 Å². The summed E-state index contributed by atoms with van der Waals surface area (Å²) in [5.41, 5.74) is 43.0. The molecule has 1 N–H and O–H groups in total. The minimum atomic E-state index is -0.399. The van der Waals surface area contributed by atoms with Gasteiger partial charge in [0.15, 0.2) is 0 Å². The molecule has 4 aliphatic rings. The van der Waals surface area contributed by atoms with E-state index in [1.807, 2.05) is 60.7 Å². The number of hydrogen-bond donors (Lipinski definition) is 1. The number of halogens is 1. The van der Waals surface area contributed by atoms with Gasteiger partial charge in [-0.15, -0.1) is 0 Å². The number of benzene rings is 20. The van der Waals surface area contributed by atoms with Crippen molar-refractivity contribution >= 4 is 88.0 Å². The summed E-state index contributed by atoms with van der Waals surface area (Å²) in [5.74, 6) is 0. The van der Waals surface area contributed by atoms with E-state index in [1.54, 1.807) is 0 Å². The molecule has 26 rings (SSSR count). The SMILES string of the molecule is Brc1ccccc1-c1cccc(-c2ccc3c(c2)c2ccccc2n3-c2ccc3c(c2)C2(c4ccccc4-c4ccccc42)c2ccccc2-3)c1.C.c1ccc(N(c2ccccc2)c2ccccc2-c2cccc(-c3ccc4c(c3)c3ccccc3n4-c3ccc4c(c3)C3(c5ccccc5-c5ccccc53)c3ccccc3-4)c2)cc1.c1ccc(Nc2ccccc2)cc1. The Morgan fingerprint density at radius 2 is 0.500 bits per heavy atom. The third kappa shape index (κ3) is 12.3. The fourth-order valence-corrected chi connectivity index (χ4v) is 22.0. The molecule has 0 aliphatic heterocycles. The van der Waals surface area contributed by atoms with Crippen molar-refractivity contribution in [3.63, 3.8) is 0 Å². The Morgan fingerprint density at radius 3 is 0.898 bits per heavy atom. The zero-order valence-corrected chi connectivity index (χ0v) is 71.0. The maximum Gasteiger partial charge on any atom is 0.0726 e. The van der Waals surface area contributed by atoms with Crippen molar-refractivity contribution in [1.82, 2.24) is 9.13 Å². The van der Waals surface area contributed by atoms with Crippen molar-refractivity contribution in [2.24, 2.45) is 0 Å². The topological polar surface area (TPSA) is 25.1 Å². The van der Waals surface area contributed by atoms with Gasteiger partial charge < -0.3 is 19.4 Å². The third-order valence-corrected chi connectivity index (χ3v) is 27.4. The zero-order chi connectivity index (χ0) is 84.1. The van der Waals surface area contributed by atoms with Gasteiger partial charge in [-0.3, -0.25) is 0 Å². The largest absolute Gasteiger partial charge is 0.356 e. The van der Waals surface area contributed by atoms with E-state index >= 15 is 0 Å². The molecular formula is C123H85BrN4. The fraction of sp³-hybridized carbons (Fsp3) is 0.0244. The molecule has 0 atom stereocenters. The van der Waals surface area contributed by atoms with Crippen LogP contribution in [0.4, 0.5) is 28.4 Å². The van der Waals surface area contributed by atoms with Crippen LogP contribution in [-0.2, 0) is 10.8 Å². The third-order valence-electron chi connectivity index (χ3n) is 26.7. The molecule has 0 amide bonds. The molecule has 20 aromatic carbocycles. The highest BCUT2D eigenvalue weighted by molar-refractivity contribution is 9.10. The Kier molecular flexibility index (Phi) is 19.0. The Balaban J connectivity index is 0.000000129.